The number of carbonyl (C=O) groups is 2. The first-order chi connectivity index (χ1) is 12.6. The van der Waals surface area contributed by atoms with Gasteiger partial charge in [-0.25, -0.2) is 4.98 Å². The Kier molecular flexibility index (Phi) is 4.76. The molecule has 1 saturated carbocycles. The van der Waals surface area contributed by atoms with E-state index in [1.54, 1.807) is 11.3 Å². The van der Waals surface area contributed by atoms with Crippen LogP contribution in [-0.4, -0.2) is 34.5 Å². The number of nitrogens with zero attached hydrogens (tertiary/aromatic N) is 1. The summed E-state index contributed by atoms with van der Waals surface area (Å²) in [6, 6.07) is 0.249. The highest BCUT2D eigenvalue weighted by Gasteiger charge is 2.23. The highest BCUT2D eigenvalue weighted by Crippen LogP contribution is 2.33. The van der Waals surface area contributed by atoms with Crippen LogP contribution in [0.5, 0.6) is 0 Å². The van der Waals surface area contributed by atoms with Gasteiger partial charge in [0, 0.05) is 17.3 Å². The highest BCUT2D eigenvalue weighted by atomic mass is 32.1. The second-order valence-corrected chi connectivity index (χ2v) is 7.99. The van der Waals surface area contributed by atoms with E-state index in [-0.39, 0.29) is 37.0 Å². The minimum absolute atomic E-state index is 0.0796. The molecule has 138 valence electrons. The number of aromatic amines is 1. The fourth-order valence-corrected chi connectivity index (χ4v) is 4.54. The maximum absolute atomic E-state index is 12.4. The lowest BCUT2D eigenvalue weighted by Gasteiger charge is -2.09. The van der Waals surface area contributed by atoms with Gasteiger partial charge >= 0.3 is 5.97 Å². The number of aryl methyl sites for hydroxylation is 3. The van der Waals surface area contributed by atoms with Crippen LogP contribution < -0.4 is 10.9 Å². The van der Waals surface area contributed by atoms with Gasteiger partial charge in [-0.2, -0.15) is 0 Å². The molecule has 26 heavy (non-hydrogen) atoms. The molecule has 2 aliphatic rings. The van der Waals surface area contributed by atoms with E-state index < -0.39 is 5.97 Å². The summed E-state index contributed by atoms with van der Waals surface area (Å²) in [5.41, 5.74) is 1.03. The Hall–Kier alpha value is -2.22. The first kappa shape index (κ1) is 17.2. The van der Waals surface area contributed by atoms with Crippen molar-refractivity contribution in [2.75, 3.05) is 6.61 Å². The molecule has 2 aromatic rings. The maximum atomic E-state index is 12.4. The summed E-state index contributed by atoms with van der Waals surface area (Å²) >= 11 is 1.59. The third-order valence-corrected chi connectivity index (χ3v) is 5.93. The van der Waals surface area contributed by atoms with E-state index in [2.05, 4.69) is 15.3 Å². The summed E-state index contributed by atoms with van der Waals surface area (Å²) in [6.45, 7) is -0.254. The molecule has 1 amide bonds. The Labute approximate surface area is 154 Å². The van der Waals surface area contributed by atoms with Crippen molar-refractivity contribution in [2.45, 2.75) is 57.4 Å². The zero-order valence-corrected chi connectivity index (χ0v) is 15.2. The van der Waals surface area contributed by atoms with Gasteiger partial charge in [-0.3, -0.25) is 14.4 Å². The smallest absolute Gasteiger partial charge is 0.306 e. The van der Waals surface area contributed by atoms with Crippen molar-refractivity contribution in [2.24, 2.45) is 0 Å². The van der Waals surface area contributed by atoms with E-state index in [1.165, 1.54) is 4.88 Å². The summed E-state index contributed by atoms with van der Waals surface area (Å²) in [5, 5.41) is 3.48. The summed E-state index contributed by atoms with van der Waals surface area (Å²) in [5.74, 6) is -0.248. The second-order valence-electron chi connectivity index (χ2n) is 6.91. The molecule has 2 aliphatic carbocycles. The summed E-state index contributed by atoms with van der Waals surface area (Å²) in [7, 11) is 0. The molecule has 2 N–H and O–H groups in total. The van der Waals surface area contributed by atoms with Gasteiger partial charge in [-0.1, -0.05) is 0 Å². The number of ether oxygens (including phenoxy) is 1. The van der Waals surface area contributed by atoms with Gasteiger partial charge in [0.2, 0.25) is 0 Å². The monoisotopic (exact) mass is 375 g/mol. The minimum atomic E-state index is -0.468. The van der Waals surface area contributed by atoms with Crippen LogP contribution in [0.25, 0.3) is 10.2 Å². The van der Waals surface area contributed by atoms with Crippen LogP contribution >= 0.6 is 11.3 Å². The number of H-pyrrole nitrogens is 1. The predicted octanol–water partition coefficient (Wildman–Crippen LogP) is 1.62. The molecule has 0 unspecified atom stereocenters. The number of fused-ring (bicyclic) bond motifs is 3. The SMILES string of the molecule is O=C(COC(=O)CCc1nc2sc3c(c2c(=O)[nH]1)CCCC3)NC1CC1. The molecule has 4 rings (SSSR count). The molecule has 0 aromatic carbocycles. The lowest BCUT2D eigenvalue weighted by molar-refractivity contribution is -0.148. The third-order valence-electron chi connectivity index (χ3n) is 4.75. The number of carbonyl (C=O) groups excluding carboxylic acids is 2. The van der Waals surface area contributed by atoms with Crippen molar-refractivity contribution in [3.63, 3.8) is 0 Å². The zero-order valence-electron chi connectivity index (χ0n) is 14.4. The highest BCUT2D eigenvalue weighted by molar-refractivity contribution is 7.18. The van der Waals surface area contributed by atoms with Gasteiger partial charge in [-0.05, 0) is 44.1 Å². The number of rotatable bonds is 6. The standard InChI is InChI=1S/C18H21N3O4S/c22-14(19-10-5-6-10)9-25-15(23)8-7-13-20-17(24)16-11-3-1-2-4-12(11)26-18(16)21-13/h10H,1-9H2,(H,19,22)(H,20,21,24). The average molecular weight is 375 g/mol. The molecular weight excluding hydrogens is 354 g/mol. The Balaban J connectivity index is 1.37. The van der Waals surface area contributed by atoms with E-state index in [0.29, 0.717) is 11.2 Å². The topological polar surface area (TPSA) is 101 Å². The van der Waals surface area contributed by atoms with Crippen LogP contribution in [0.2, 0.25) is 0 Å². The molecule has 2 heterocycles. The van der Waals surface area contributed by atoms with Gasteiger partial charge in [0.25, 0.3) is 11.5 Å². The minimum Gasteiger partial charge on any atom is -0.456 e. The van der Waals surface area contributed by atoms with Crippen LogP contribution in [0.3, 0.4) is 0 Å². The van der Waals surface area contributed by atoms with Gasteiger partial charge in [0.05, 0.1) is 11.8 Å². The Morgan fingerprint density at radius 1 is 1.27 bits per heavy atom. The molecule has 8 heteroatoms. The molecule has 2 aromatic heterocycles. The number of amides is 1. The fourth-order valence-electron chi connectivity index (χ4n) is 3.26. The lowest BCUT2D eigenvalue weighted by Crippen LogP contribution is -2.30. The van der Waals surface area contributed by atoms with Gasteiger partial charge in [-0.15, -0.1) is 11.3 Å². The predicted molar refractivity (Wildman–Crippen MR) is 97.3 cm³/mol. The van der Waals surface area contributed by atoms with E-state index in [9.17, 15) is 14.4 Å². The lowest BCUT2D eigenvalue weighted by atomic mass is 9.97. The number of thiophene rings is 1. The van der Waals surface area contributed by atoms with Gasteiger partial charge in [0.1, 0.15) is 10.7 Å². The largest absolute Gasteiger partial charge is 0.456 e. The number of esters is 1. The van der Waals surface area contributed by atoms with E-state index >= 15 is 0 Å². The molecule has 0 radical (unpaired) electrons. The number of hydrogen-bond donors (Lipinski definition) is 2. The molecule has 1 fully saturated rings. The molecule has 0 bridgehead atoms. The molecule has 0 saturated heterocycles. The Morgan fingerprint density at radius 3 is 2.88 bits per heavy atom. The van der Waals surface area contributed by atoms with Crippen molar-refractivity contribution in [3.8, 4) is 0 Å². The first-order valence-electron chi connectivity index (χ1n) is 9.08. The van der Waals surface area contributed by atoms with E-state index in [1.807, 2.05) is 0 Å². The molecule has 0 atom stereocenters. The molecule has 7 nitrogen and oxygen atoms in total. The van der Waals surface area contributed by atoms with Crippen LogP contribution in [0.4, 0.5) is 0 Å². The quantitative estimate of drug-likeness (QED) is 0.747. The molecular formula is C18H21N3O4S. The fraction of sp³-hybridized carbons (Fsp3) is 0.556. The van der Waals surface area contributed by atoms with Crippen molar-refractivity contribution >= 4 is 33.4 Å². The summed E-state index contributed by atoms with van der Waals surface area (Å²) < 4.78 is 4.97. The normalized spacial score (nSPS) is 16.3. The van der Waals surface area contributed by atoms with Crippen LogP contribution in [0.1, 0.15) is 48.4 Å². The van der Waals surface area contributed by atoms with Crippen LogP contribution in [0, 0.1) is 0 Å². The molecule has 0 aliphatic heterocycles. The molecule has 0 spiro atoms. The summed E-state index contributed by atoms with van der Waals surface area (Å²) in [4.78, 5) is 45.1. The number of aromatic nitrogens is 2. The number of hydrogen-bond acceptors (Lipinski definition) is 6. The van der Waals surface area contributed by atoms with Crippen molar-refractivity contribution in [3.05, 3.63) is 26.6 Å². The van der Waals surface area contributed by atoms with Crippen molar-refractivity contribution in [1.82, 2.24) is 15.3 Å². The van der Waals surface area contributed by atoms with Gasteiger partial charge < -0.3 is 15.0 Å². The summed E-state index contributed by atoms with van der Waals surface area (Å²) in [6.07, 6.45) is 6.58. The van der Waals surface area contributed by atoms with Crippen molar-refractivity contribution < 1.29 is 14.3 Å². The van der Waals surface area contributed by atoms with Crippen LogP contribution in [0.15, 0.2) is 4.79 Å². The van der Waals surface area contributed by atoms with Gasteiger partial charge in [0.15, 0.2) is 6.61 Å². The van der Waals surface area contributed by atoms with Crippen molar-refractivity contribution in [1.29, 1.82) is 0 Å². The Bertz CT molecular complexity index is 913. The van der Waals surface area contributed by atoms with E-state index in [0.717, 1.165) is 48.9 Å². The van der Waals surface area contributed by atoms with E-state index in [4.69, 9.17) is 4.74 Å². The second kappa shape index (κ2) is 7.19. The Morgan fingerprint density at radius 2 is 2.08 bits per heavy atom. The van der Waals surface area contributed by atoms with Crippen LogP contribution in [-0.2, 0) is 33.6 Å². The maximum Gasteiger partial charge on any atom is 0.306 e. The zero-order chi connectivity index (χ0) is 18.1. The first-order valence-corrected chi connectivity index (χ1v) is 9.90. The number of nitrogens with one attached hydrogen (secondary N) is 2. The average Bonchev–Trinajstić information content (AvgIpc) is 3.35. The third kappa shape index (κ3) is 3.80.